The van der Waals surface area contributed by atoms with Crippen molar-refractivity contribution in [3.8, 4) is 0 Å². The fourth-order valence-corrected chi connectivity index (χ4v) is 3.11. The SMILES string of the molecule is CCC(NC(=O)c1cnc2c(c1)ncn2Cc1ccccn1)c1ccncc1. The number of imidazole rings is 1. The van der Waals surface area contributed by atoms with Crippen LogP contribution in [0, 0.1) is 0 Å². The number of carbonyl (C=O) groups is 1. The highest BCUT2D eigenvalue weighted by atomic mass is 16.1. The topological polar surface area (TPSA) is 85.6 Å². The van der Waals surface area contributed by atoms with Gasteiger partial charge in [-0.1, -0.05) is 13.0 Å². The molecular weight excluding hydrogens is 352 g/mol. The van der Waals surface area contributed by atoms with Crippen LogP contribution in [0.1, 0.15) is 41.0 Å². The maximum Gasteiger partial charge on any atom is 0.253 e. The predicted molar refractivity (Wildman–Crippen MR) is 106 cm³/mol. The molecule has 0 aliphatic heterocycles. The van der Waals surface area contributed by atoms with E-state index in [2.05, 4.69) is 25.3 Å². The molecule has 1 atom stereocenters. The van der Waals surface area contributed by atoms with E-state index in [9.17, 15) is 4.79 Å². The quantitative estimate of drug-likeness (QED) is 0.562. The molecule has 28 heavy (non-hydrogen) atoms. The van der Waals surface area contributed by atoms with Gasteiger partial charge < -0.3 is 9.88 Å². The molecule has 0 saturated heterocycles. The molecular formula is C21H20N6O. The average Bonchev–Trinajstić information content (AvgIpc) is 3.15. The third kappa shape index (κ3) is 3.73. The van der Waals surface area contributed by atoms with Gasteiger partial charge in [0.05, 0.1) is 30.2 Å². The maximum absolute atomic E-state index is 12.7. The summed E-state index contributed by atoms with van der Waals surface area (Å²) in [6, 6.07) is 11.3. The molecule has 7 heteroatoms. The maximum atomic E-state index is 12.7. The number of amides is 1. The van der Waals surface area contributed by atoms with E-state index < -0.39 is 0 Å². The summed E-state index contributed by atoms with van der Waals surface area (Å²) in [5, 5.41) is 3.06. The van der Waals surface area contributed by atoms with Crippen LogP contribution in [-0.4, -0.2) is 30.4 Å². The number of nitrogens with one attached hydrogen (secondary N) is 1. The number of rotatable bonds is 6. The summed E-state index contributed by atoms with van der Waals surface area (Å²) < 4.78 is 1.92. The Bertz CT molecular complexity index is 1080. The fourth-order valence-electron chi connectivity index (χ4n) is 3.11. The van der Waals surface area contributed by atoms with E-state index in [0.717, 1.165) is 23.3 Å². The first-order chi connectivity index (χ1) is 13.7. The lowest BCUT2D eigenvalue weighted by Crippen LogP contribution is -2.28. The number of fused-ring (bicyclic) bond motifs is 1. The summed E-state index contributed by atoms with van der Waals surface area (Å²) >= 11 is 0. The zero-order chi connectivity index (χ0) is 19.3. The van der Waals surface area contributed by atoms with E-state index in [1.54, 1.807) is 37.2 Å². The molecule has 4 rings (SSSR count). The van der Waals surface area contributed by atoms with Crippen molar-refractivity contribution >= 4 is 17.1 Å². The Kier molecular flexibility index (Phi) is 5.05. The van der Waals surface area contributed by atoms with Gasteiger partial charge in [0.2, 0.25) is 0 Å². The Morgan fingerprint density at radius 3 is 2.71 bits per heavy atom. The molecule has 0 saturated carbocycles. The second-order valence-electron chi connectivity index (χ2n) is 6.48. The number of aromatic nitrogens is 5. The monoisotopic (exact) mass is 372 g/mol. The van der Waals surface area contributed by atoms with Gasteiger partial charge in [-0.3, -0.25) is 14.8 Å². The second-order valence-corrected chi connectivity index (χ2v) is 6.48. The van der Waals surface area contributed by atoms with Gasteiger partial charge in [0, 0.05) is 24.8 Å². The minimum atomic E-state index is -0.169. The molecule has 7 nitrogen and oxygen atoms in total. The highest BCUT2D eigenvalue weighted by Crippen LogP contribution is 2.18. The van der Waals surface area contributed by atoms with Gasteiger partial charge in [0.25, 0.3) is 5.91 Å². The van der Waals surface area contributed by atoms with Gasteiger partial charge in [-0.25, -0.2) is 9.97 Å². The molecule has 4 aromatic heterocycles. The lowest BCUT2D eigenvalue weighted by molar-refractivity contribution is 0.0935. The minimum Gasteiger partial charge on any atom is -0.345 e. The lowest BCUT2D eigenvalue weighted by atomic mass is 10.1. The van der Waals surface area contributed by atoms with Crippen molar-refractivity contribution in [1.82, 2.24) is 29.8 Å². The Morgan fingerprint density at radius 1 is 1.11 bits per heavy atom. The Labute approximate surface area is 162 Å². The Balaban J connectivity index is 1.54. The van der Waals surface area contributed by atoms with Crippen LogP contribution in [0.25, 0.3) is 11.2 Å². The van der Waals surface area contributed by atoms with Crippen molar-refractivity contribution in [3.05, 3.63) is 84.3 Å². The van der Waals surface area contributed by atoms with Crippen molar-refractivity contribution in [1.29, 1.82) is 0 Å². The molecule has 1 N–H and O–H groups in total. The summed E-state index contributed by atoms with van der Waals surface area (Å²) in [6.45, 7) is 2.61. The zero-order valence-corrected chi connectivity index (χ0v) is 15.5. The van der Waals surface area contributed by atoms with Gasteiger partial charge in [-0.2, -0.15) is 0 Å². The Morgan fingerprint density at radius 2 is 1.96 bits per heavy atom. The number of carbonyl (C=O) groups excluding carboxylic acids is 1. The van der Waals surface area contributed by atoms with Gasteiger partial charge in [-0.05, 0) is 42.3 Å². The molecule has 0 bridgehead atoms. The molecule has 140 valence electrons. The van der Waals surface area contributed by atoms with Crippen molar-refractivity contribution in [3.63, 3.8) is 0 Å². The Hall–Kier alpha value is -3.61. The van der Waals surface area contributed by atoms with Crippen LogP contribution in [0.15, 0.2) is 67.5 Å². The third-order valence-corrected chi connectivity index (χ3v) is 4.60. The molecule has 0 aromatic carbocycles. The molecule has 0 fully saturated rings. The van der Waals surface area contributed by atoms with Crippen LogP contribution in [0.5, 0.6) is 0 Å². The number of hydrogen-bond acceptors (Lipinski definition) is 5. The minimum absolute atomic E-state index is 0.0760. The van der Waals surface area contributed by atoms with Crippen LogP contribution < -0.4 is 5.32 Å². The van der Waals surface area contributed by atoms with Crippen LogP contribution in [0.3, 0.4) is 0 Å². The van der Waals surface area contributed by atoms with Crippen LogP contribution in [0.4, 0.5) is 0 Å². The van der Waals surface area contributed by atoms with E-state index in [-0.39, 0.29) is 11.9 Å². The van der Waals surface area contributed by atoms with E-state index in [4.69, 9.17) is 0 Å². The van der Waals surface area contributed by atoms with Crippen LogP contribution >= 0.6 is 0 Å². The number of nitrogens with zero attached hydrogens (tertiary/aromatic N) is 5. The number of hydrogen-bond donors (Lipinski definition) is 1. The van der Waals surface area contributed by atoms with Gasteiger partial charge in [0.15, 0.2) is 5.65 Å². The summed E-state index contributed by atoms with van der Waals surface area (Å²) in [7, 11) is 0. The standard InChI is InChI=1S/C21H20N6O/c1-2-18(15-6-9-22-10-7-15)26-21(28)16-11-19-20(24-12-16)27(14-25-19)13-17-5-3-4-8-23-17/h3-12,14,18H,2,13H2,1H3,(H,26,28). The first-order valence-corrected chi connectivity index (χ1v) is 9.16. The van der Waals surface area contributed by atoms with Crippen molar-refractivity contribution < 1.29 is 4.79 Å². The van der Waals surface area contributed by atoms with Gasteiger partial charge in [-0.15, -0.1) is 0 Å². The van der Waals surface area contributed by atoms with Gasteiger partial charge >= 0.3 is 0 Å². The molecule has 1 unspecified atom stereocenters. The summed E-state index contributed by atoms with van der Waals surface area (Å²) in [4.78, 5) is 29.9. The average molecular weight is 372 g/mol. The summed E-state index contributed by atoms with van der Waals surface area (Å²) in [5.41, 5.74) is 3.85. The fraction of sp³-hybridized carbons (Fsp3) is 0.190. The van der Waals surface area contributed by atoms with Crippen LogP contribution in [-0.2, 0) is 6.54 Å². The largest absolute Gasteiger partial charge is 0.345 e. The molecule has 4 heterocycles. The van der Waals surface area contributed by atoms with E-state index >= 15 is 0 Å². The van der Waals surface area contributed by atoms with Crippen LogP contribution in [0.2, 0.25) is 0 Å². The first-order valence-electron chi connectivity index (χ1n) is 9.16. The van der Waals surface area contributed by atoms with Crippen molar-refractivity contribution in [2.75, 3.05) is 0 Å². The third-order valence-electron chi connectivity index (χ3n) is 4.60. The highest BCUT2D eigenvalue weighted by Gasteiger charge is 2.16. The number of pyridine rings is 3. The van der Waals surface area contributed by atoms with E-state index in [1.165, 1.54) is 0 Å². The first kappa shape index (κ1) is 17.8. The molecule has 4 aromatic rings. The van der Waals surface area contributed by atoms with Crippen molar-refractivity contribution in [2.24, 2.45) is 0 Å². The zero-order valence-electron chi connectivity index (χ0n) is 15.5. The summed E-state index contributed by atoms with van der Waals surface area (Å²) in [6.07, 6.45) is 9.31. The van der Waals surface area contributed by atoms with E-state index in [0.29, 0.717) is 17.6 Å². The van der Waals surface area contributed by atoms with Gasteiger partial charge in [0.1, 0.15) is 5.52 Å². The van der Waals surface area contributed by atoms with E-state index in [1.807, 2.05) is 41.8 Å². The smallest absolute Gasteiger partial charge is 0.253 e. The lowest BCUT2D eigenvalue weighted by Gasteiger charge is -2.17. The molecule has 0 aliphatic rings. The predicted octanol–water partition coefficient (Wildman–Crippen LogP) is 3.15. The molecule has 1 amide bonds. The molecule has 0 aliphatic carbocycles. The summed E-state index contributed by atoms with van der Waals surface area (Å²) in [5.74, 6) is -0.169. The second kappa shape index (κ2) is 7.96. The van der Waals surface area contributed by atoms with Crippen molar-refractivity contribution in [2.45, 2.75) is 25.9 Å². The molecule has 0 spiro atoms. The molecule has 0 radical (unpaired) electrons. The normalized spacial score (nSPS) is 12.0. The highest BCUT2D eigenvalue weighted by molar-refractivity contribution is 5.96.